The fourth-order valence-electron chi connectivity index (χ4n) is 3.04. The Labute approximate surface area is 176 Å². The highest BCUT2D eigenvalue weighted by molar-refractivity contribution is 5.95. The molecule has 0 saturated heterocycles. The van der Waals surface area contributed by atoms with Crippen molar-refractivity contribution < 1.29 is 14.3 Å². The summed E-state index contributed by atoms with van der Waals surface area (Å²) >= 11 is 0. The van der Waals surface area contributed by atoms with Crippen LogP contribution < -0.4 is 15.6 Å². The maximum absolute atomic E-state index is 12.2. The van der Waals surface area contributed by atoms with E-state index in [-0.39, 0.29) is 18.2 Å². The predicted molar refractivity (Wildman–Crippen MR) is 116 cm³/mol. The smallest absolute Gasteiger partial charge is 0.269 e. The fourth-order valence-corrected chi connectivity index (χ4v) is 3.04. The van der Waals surface area contributed by atoms with Gasteiger partial charge in [-0.2, -0.15) is 0 Å². The van der Waals surface area contributed by atoms with Gasteiger partial charge in [0, 0.05) is 18.4 Å². The maximum Gasteiger partial charge on any atom is 0.269 e. The molecule has 1 heterocycles. The highest BCUT2D eigenvalue weighted by Gasteiger charge is 2.09. The van der Waals surface area contributed by atoms with Crippen LogP contribution in [0.25, 0.3) is 11.0 Å². The van der Waals surface area contributed by atoms with E-state index in [1.807, 2.05) is 24.3 Å². The first-order valence-electron chi connectivity index (χ1n) is 10.4. The Hall–Kier alpha value is -3.35. The number of hydrogen-bond donors (Lipinski definition) is 3. The normalized spacial score (nSPS) is 10.7. The molecule has 3 aromatic rings. The van der Waals surface area contributed by atoms with Crippen molar-refractivity contribution in [1.29, 1.82) is 0 Å². The molecule has 30 heavy (non-hydrogen) atoms. The van der Waals surface area contributed by atoms with Crippen molar-refractivity contribution in [2.45, 2.75) is 45.4 Å². The van der Waals surface area contributed by atoms with Crippen LogP contribution in [0.4, 0.5) is 0 Å². The molecule has 3 N–H and O–H groups in total. The lowest BCUT2D eigenvalue weighted by atomic mass is 10.2. The number of fused-ring (bicyclic) bond motifs is 1. The van der Waals surface area contributed by atoms with Crippen molar-refractivity contribution in [1.82, 2.24) is 20.8 Å². The van der Waals surface area contributed by atoms with Crippen molar-refractivity contribution in [2.75, 3.05) is 6.61 Å². The van der Waals surface area contributed by atoms with Crippen LogP contribution >= 0.6 is 0 Å². The number of H-pyrrole nitrogens is 1. The average Bonchev–Trinajstić information content (AvgIpc) is 3.19. The number of aromatic amines is 1. The van der Waals surface area contributed by atoms with Crippen LogP contribution in [0, 0.1) is 0 Å². The van der Waals surface area contributed by atoms with Gasteiger partial charge in [0.1, 0.15) is 11.6 Å². The summed E-state index contributed by atoms with van der Waals surface area (Å²) in [6, 6.07) is 14.6. The minimum atomic E-state index is -0.374. The number of hydrazine groups is 1. The Kier molecular flexibility index (Phi) is 7.83. The number of benzene rings is 2. The molecule has 0 spiro atoms. The lowest BCUT2D eigenvalue weighted by molar-refractivity contribution is -0.121. The molecule has 0 aliphatic carbocycles. The number of ether oxygens (including phenoxy) is 1. The van der Waals surface area contributed by atoms with E-state index in [1.165, 1.54) is 12.8 Å². The number of carbonyl (C=O) groups excluding carboxylic acids is 2. The minimum Gasteiger partial charge on any atom is -0.494 e. The third-order valence-corrected chi connectivity index (χ3v) is 4.73. The topological polar surface area (TPSA) is 96.1 Å². The molecule has 0 aliphatic heterocycles. The monoisotopic (exact) mass is 408 g/mol. The molecule has 3 rings (SSSR count). The molecule has 0 bridgehead atoms. The number of imidazole rings is 1. The number of aromatic nitrogens is 2. The number of rotatable bonds is 10. The molecule has 7 heteroatoms. The van der Waals surface area contributed by atoms with Crippen molar-refractivity contribution >= 4 is 22.8 Å². The van der Waals surface area contributed by atoms with E-state index >= 15 is 0 Å². The van der Waals surface area contributed by atoms with Gasteiger partial charge in [-0.3, -0.25) is 20.4 Å². The highest BCUT2D eigenvalue weighted by atomic mass is 16.5. The van der Waals surface area contributed by atoms with Crippen molar-refractivity contribution in [3.05, 3.63) is 59.9 Å². The van der Waals surface area contributed by atoms with Gasteiger partial charge in [0.05, 0.1) is 17.6 Å². The second-order valence-electron chi connectivity index (χ2n) is 7.14. The van der Waals surface area contributed by atoms with Gasteiger partial charge >= 0.3 is 0 Å². The zero-order chi connectivity index (χ0) is 21.2. The molecule has 0 saturated carbocycles. The van der Waals surface area contributed by atoms with Gasteiger partial charge in [0.2, 0.25) is 5.91 Å². The molecule has 0 radical (unpaired) electrons. The zero-order valence-electron chi connectivity index (χ0n) is 17.2. The molecule has 0 fully saturated rings. The number of unbranched alkanes of at least 4 members (excludes halogenated alkanes) is 3. The van der Waals surface area contributed by atoms with Crippen molar-refractivity contribution in [3.63, 3.8) is 0 Å². The standard InChI is InChI=1S/C23H28N4O3/c1-2-3-4-7-16-30-18-12-10-17(11-13-18)23(29)27-26-22(28)15-14-21-24-19-8-5-6-9-20(19)25-21/h5-6,8-13H,2-4,7,14-16H2,1H3,(H,24,25)(H,26,28)(H,27,29). The summed E-state index contributed by atoms with van der Waals surface area (Å²) in [7, 11) is 0. The summed E-state index contributed by atoms with van der Waals surface area (Å²) in [6.45, 7) is 2.85. The Morgan fingerprint density at radius 1 is 1.00 bits per heavy atom. The van der Waals surface area contributed by atoms with E-state index in [1.54, 1.807) is 24.3 Å². The van der Waals surface area contributed by atoms with Crippen LogP contribution in [0.2, 0.25) is 0 Å². The van der Waals surface area contributed by atoms with Crippen LogP contribution in [0.1, 0.15) is 55.2 Å². The molecular weight excluding hydrogens is 380 g/mol. The molecule has 0 unspecified atom stereocenters. The average molecular weight is 409 g/mol. The van der Waals surface area contributed by atoms with E-state index < -0.39 is 0 Å². The van der Waals surface area contributed by atoms with Crippen LogP contribution in [-0.2, 0) is 11.2 Å². The van der Waals surface area contributed by atoms with Crippen LogP contribution in [0.5, 0.6) is 5.75 Å². The van der Waals surface area contributed by atoms with E-state index in [2.05, 4.69) is 27.7 Å². The van der Waals surface area contributed by atoms with Gasteiger partial charge in [0.15, 0.2) is 0 Å². The number of nitrogens with zero attached hydrogens (tertiary/aromatic N) is 1. The van der Waals surface area contributed by atoms with E-state index in [4.69, 9.17) is 4.74 Å². The number of hydrogen-bond acceptors (Lipinski definition) is 4. The highest BCUT2D eigenvalue weighted by Crippen LogP contribution is 2.13. The summed E-state index contributed by atoms with van der Waals surface area (Å²) in [6.07, 6.45) is 5.27. The quantitative estimate of drug-likeness (QED) is 0.350. The van der Waals surface area contributed by atoms with E-state index in [0.29, 0.717) is 18.6 Å². The first kappa shape index (κ1) is 21.4. The number of carbonyl (C=O) groups is 2. The van der Waals surface area contributed by atoms with Crippen molar-refractivity contribution in [3.8, 4) is 5.75 Å². The van der Waals surface area contributed by atoms with Gasteiger partial charge < -0.3 is 9.72 Å². The summed E-state index contributed by atoms with van der Waals surface area (Å²) < 4.78 is 5.67. The lowest BCUT2D eigenvalue weighted by Gasteiger charge is -2.09. The second kappa shape index (κ2) is 11.0. The SMILES string of the molecule is CCCCCCOc1ccc(C(=O)NNC(=O)CCc2nc3ccccc3[nH]2)cc1. The van der Waals surface area contributed by atoms with Crippen LogP contribution in [-0.4, -0.2) is 28.4 Å². The van der Waals surface area contributed by atoms with Gasteiger partial charge in [-0.05, 0) is 42.8 Å². The number of amides is 2. The van der Waals surface area contributed by atoms with Crippen LogP contribution in [0.3, 0.4) is 0 Å². The molecule has 2 aromatic carbocycles. The molecule has 158 valence electrons. The molecule has 1 aromatic heterocycles. The Balaban J connectivity index is 1.38. The van der Waals surface area contributed by atoms with Crippen molar-refractivity contribution in [2.24, 2.45) is 0 Å². The molecule has 0 atom stereocenters. The maximum atomic E-state index is 12.2. The molecular formula is C23H28N4O3. The fraction of sp³-hybridized carbons (Fsp3) is 0.348. The Bertz CT molecular complexity index is 933. The summed E-state index contributed by atoms with van der Waals surface area (Å²) in [5.74, 6) is 0.818. The van der Waals surface area contributed by atoms with E-state index in [0.717, 1.165) is 35.4 Å². The molecule has 7 nitrogen and oxygen atoms in total. The van der Waals surface area contributed by atoms with Crippen LogP contribution in [0.15, 0.2) is 48.5 Å². The number of para-hydroxylation sites is 2. The largest absolute Gasteiger partial charge is 0.494 e. The number of nitrogens with one attached hydrogen (secondary N) is 3. The third kappa shape index (κ3) is 6.34. The summed E-state index contributed by atoms with van der Waals surface area (Å²) in [5, 5.41) is 0. The zero-order valence-corrected chi connectivity index (χ0v) is 17.2. The molecule has 0 aliphatic rings. The number of aryl methyl sites for hydroxylation is 1. The van der Waals surface area contributed by atoms with Gasteiger partial charge in [-0.25, -0.2) is 4.98 Å². The second-order valence-corrected chi connectivity index (χ2v) is 7.14. The Morgan fingerprint density at radius 3 is 2.57 bits per heavy atom. The Morgan fingerprint density at radius 2 is 1.80 bits per heavy atom. The van der Waals surface area contributed by atoms with Gasteiger partial charge in [-0.1, -0.05) is 38.3 Å². The summed E-state index contributed by atoms with van der Waals surface area (Å²) in [5.41, 5.74) is 7.14. The van der Waals surface area contributed by atoms with Gasteiger partial charge in [0.25, 0.3) is 5.91 Å². The first-order valence-corrected chi connectivity index (χ1v) is 10.4. The molecule has 2 amide bonds. The first-order chi connectivity index (χ1) is 14.7. The summed E-state index contributed by atoms with van der Waals surface area (Å²) in [4.78, 5) is 31.8. The van der Waals surface area contributed by atoms with E-state index in [9.17, 15) is 9.59 Å². The minimum absolute atomic E-state index is 0.213. The lowest BCUT2D eigenvalue weighted by Crippen LogP contribution is -2.41. The predicted octanol–water partition coefficient (Wildman–Crippen LogP) is 3.92. The third-order valence-electron chi connectivity index (χ3n) is 4.73. The van der Waals surface area contributed by atoms with Gasteiger partial charge in [-0.15, -0.1) is 0 Å².